The van der Waals surface area contributed by atoms with Gasteiger partial charge >= 0.3 is 0 Å². The maximum absolute atomic E-state index is 5.77. The van der Waals surface area contributed by atoms with Crippen molar-refractivity contribution in [1.29, 1.82) is 0 Å². The average molecular weight is 281 g/mol. The summed E-state index contributed by atoms with van der Waals surface area (Å²) in [6.45, 7) is 0. The van der Waals surface area contributed by atoms with Gasteiger partial charge in [-0.05, 0) is 60.9 Å². The van der Waals surface area contributed by atoms with Crippen molar-refractivity contribution in [1.82, 2.24) is 4.98 Å². The molecule has 0 spiro atoms. The highest BCUT2D eigenvalue weighted by Gasteiger charge is 2.00. The average Bonchev–Trinajstić information content (AvgIpc) is 2.48. The van der Waals surface area contributed by atoms with E-state index in [0.29, 0.717) is 0 Å². The highest BCUT2D eigenvalue weighted by Crippen LogP contribution is 2.22. The van der Waals surface area contributed by atoms with Crippen LogP contribution in [0.2, 0.25) is 0 Å². The van der Waals surface area contributed by atoms with Gasteiger partial charge in [-0.1, -0.05) is 0 Å². The van der Waals surface area contributed by atoms with Crippen LogP contribution in [-0.2, 0) is 0 Å². The SMILES string of the molecule is CSc1ccc(Nc2ccc3cc(N)ccc3n2)cc1. The number of fused-ring (bicyclic) bond motifs is 1. The van der Waals surface area contributed by atoms with Crippen LogP contribution in [0.15, 0.2) is 59.5 Å². The van der Waals surface area contributed by atoms with Crippen molar-refractivity contribution in [3.05, 3.63) is 54.6 Å². The fraction of sp³-hybridized carbons (Fsp3) is 0.0625. The third kappa shape index (κ3) is 2.70. The van der Waals surface area contributed by atoms with Crippen LogP contribution in [0.4, 0.5) is 17.2 Å². The number of anilines is 3. The standard InChI is InChI=1S/C16H15N3S/c1-20-14-6-4-13(5-7-14)18-16-9-2-11-10-12(17)3-8-15(11)19-16/h2-10H,17H2,1H3,(H,18,19). The van der Waals surface area contributed by atoms with Gasteiger partial charge in [0.05, 0.1) is 5.52 Å². The van der Waals surface area contributed by atoms with Crippen LogP contribution in [0, 0.1) is 0 Å². The number of hydrogen-bond donors (Lipinski definition) is 2. The highest BCUT2D eigenvalue weighted by atomic mass is 32.2. The third-order valence-corrected chi connectivity index (χ3v) is 3.82. The van der Waals surface area contributed by atoms with E-state index >= 15 is 0 Å². The molecular weight excluding hydrogens is 266 g/mol. The summed E-state index contributed by atoms with van der Waals surface area (Å²) in [4.78, 5) is 5.83. The smallest absolute Gasteiger partial charge is 0.131 e. The normalized spacial score (nSPS) is 10.7. The Hall–Kier alpha value is -2.20. The minimum atomic E-state index is 0.757. The summed E-state index contributed by atoms with van der Waals surface area (Å²) in [5.74, 6) is 0.833. The molecule has 0 atom stereocenters. The number of rotatable bonds is 3. The van der Waals surface area contributed by atoms with Crippen molar-refractivity contribution in [3.63, 3.8) is 0 Å². The van der Waals surface area contributed by atoms with Gasteiger partial charge in [0.1, 0.15) is 5.82 Å². The maximum atomic E-state index is 5.77. The fourth-order valence-electron chi connectivity index (χ4n) is 2.04. The summed E-state index contributed by atoms with van der Waals surface area (Å²) in [7, 11) is 0. The van der Waals surface area contributed by atoms with E-state index in [1.807, 2.05) is 30.3 Å². The van der Waals surface area contributed by atoms with E-state index < -0.39 is 0 Å². The Morgan fingerprint density at radius 2 is 1.80 bits per heavy atom. The molecular formula is C16H15N3S. The van der Waals surface area contributed by atoms with Crippen LogP contribution >= 0.6 is 11.8 Å². The number of hydrogen-bond acceptors (Lipinski definition) is 4. The van der Waals surface area contributed by atoms with Crippen LogP contribution < -0.4 is 11.1 Å². The molecule has 0 aliphatic heterocycles. The van der Waals surface area contributed by atoms with Crippen molar-refractivity contribution in [2.45, 2.75) is 4.90 Å². The van der Waals surface area contributed by atoms with Gasteiger partial charge in [0.15, 0.2) is 0 Å². The molecule has 0 radical (unpaired) electrons. The Kier molecular flexibility index (Phi) is 3.48. The van der Waals surface area contributed by atoms with Gasteiger partial charge < -0.3 is 11.1 Å². The number of pyridine rings is 1. The summed E-state index contributed by atoms with van der Waals surface area (Å²) >= 11 is 1.73. The molecule has 0 unspecified atom stereocenters. The molecule has 0 amide bonds. The number of benzene rings is 2. The third-order valence-electron chi connectivity index (χ3n) is 3.08. The number of thioether (sulfide) groups is 1. The summed E-state index contributed by atoms with van der Waals surface area (Å²) in [6, 6.07) is 18.0. The molecule has 3 rings (SSSR count). The molecule has 0 saturated heterocycles. The molecule has 100 valence electrons. The van der Waals surface area contributed by atoms with Crippen LogP contribution in [0.1, 0.15) is 0 Å². The summed E-state index contributed by atoms with van der Waals surface area (Å²) in [5, 5.41) is 4.36. The Bertz CT molecular complexity index is 738. The topological polar surface area (TPSA) is 50.9 Å². The van der Waals surface area contributed by atoms with Crippen molar-refractivity contribution in [2.24, 2.45) is 0 Å². The largest absolute Gasteiger partial charge is 0.399 e. The second-order valence-corrected chi connectivity index (χ2v) is 5.38. The van der Waals surface area contributed by atoms with Crippen LogP contribution in [0.25, 0.3) is 10.9 Å². The number of nitrogens with two attached hydrogens (primary N) is 1. The lowest BCUT2D eigenvalue weighted by Gasteiger charge is -2.07. The van der Waals surface area contributed by atoms with Crippen molar-refractivity contribution in [2.75, 3.05) is 17.3 Å². The van der Waals surface area contributed by atoms with Crippen molar-refractivity contribution < 1.29 is 0 Å². The molecule has 4 heteroatoms. The van der Waals surface area contributed by atoms with Gasteiger partial charge in [-0.15, -0.1) is 11.8 Å². The number of nitrogen functional groups attached to an aromatic ring is 1. The lowest BCUT2D eigenvalue weighted by atomic mass is 10.2. The van der Waals surface area contributed by atoms with Gasteiger partial charge in [0.25, 0.3) is 0 Å². The van der Waals surface area contributed by atoms with Crippen molar-refractivity contribution in [3.8, 4) is 0 Å². The molecule has 0 aliphatic carbocycles. The predicted molar refractivity (Wildman–Crippen MR) is 87.7 cm³/mol. The van der Waals surface area contributed by atoms with E-state index in [9.17, 15) is 0 Å². The van der Waals surface area contributed by atoms with Gasteiger partial charge in [0, 0.05) is 21.7 Å². The Morgan fingerprint density at radius 3 is 2.55 bits per heavy atom. The summed E-state index contributed by atoms with van der Waals surface area (Å²) < 4.78 is 0. The minimum Gasteiger partial charge on any atom is -0.399 e. The van der Waals surface area contributed by atoms with Crippen LogP contribution in [0.5, 0.6) is 0 Å². The first-order chi connectivity index (χ1) is 9.74. The molecule has 0 aliphatic rings. The van der Waals surface area contributed by atoms with Crippen LogP contribution in [-0.4, -0.2) is 11.2 Å². The van der Waals surface area contributed by atoms with E-state index in [-0.39, 0.29) is 0 Å². The lowest BCUT2D eigenvalue weighted by Crippen LogP contribution is -1.94. The second kappa shape index (κ2) is 5.43. The number of nitrogens with zero attached hydrogens (tertiary/aromatic N) is 1. The van der Waals surface area contributed by atoms with E-state index in [2.05, 4.69) is 40.8 Å². The van der Waals surface area contributed by atoms with E-state index in [0.717, 1.165) is 28.1 Å². The van der Waals surface area contributed by atoms with Gasteiger partial charge in [-0.2, -0.15) is 0 Å². The summed E-state index contributed by atoms with van der Waals surface area (Å²) in [5.41, 5.74) is 8.49. The molecule has 3 N–H and O–H groups in total. The Morgan fingerprint density at radius 1 is 1.00 bits per heavy atom. The molecule has 2 aromatic carbocycles. The van der Waals surface area contributed by atoms with E-state index in [4.69, 9.17) is 5.73 Å². The van der Waals surface area contributed by atoms with E-state index in [1.54, 1.807) is 11.8 Å². The zero-order valence-corrected chi connectivity index (χ0v) is 11.9. The lowest BCUT2D eigenvalue weighted by molar-refractivity contribution is 1.36. The molecule has 3 aromatic rings. The molecule has 0 bridgehead atoms. The van der Waals surface area contributed by atoms with Crippen molar-refractivity contribution >= 4 is 39.9 Å². The van der Waals surface area contributed by atoms with Gasteiger partial charge in [-0.3, -0.25) is 0 Å². The molecule has 0 fully saturated rings. The number of aromatic nitrogens is 1. The van der Waals surface area contributed by atoms with E-state index in [1.165, 1.54) is 4.90 Å². The highest BCUT2D eigenvalue weighted by molar-refractivity contribution is 7.98. The first-order valence-electron chi connectivity index (χ1n) is 6.32. The minimum absolute atomic E-state index is 0.757. The Labute approximate surface area is 122 Å². The van der Waals surface area contributed by atoms with Gasteiger partial charge in [-0.25, -0.2) is 4.98 Å². The zero-order chi connectivity index (χ0) is 13.9. The number of nitrogens with one attached hydrogen (secondary N) is 1. The monoisotopic (exact) mass is 281 g/mol. The molecule has 20 heavy (non-hydrogen) atoms. The van der Waals surface area contributed by atoms with Crippen LogP contribution in [0.3, 0.4) is 0 Å². The quantitative estimate of drug-likeness (QED) is 0.555. The maximum Gasteiger partial charge on any atom is 0.131 e. The predicted octanol–water partition coefficient (Wildman–Crippen LogP) is 4.28. The van der Waals surface area contributed by atoms with Gasteiger partial charge in [0.2, 0.25) is 0 Å². The molecule has 1 heterocycles. The first kappa shape index (κ1) is 12.8. The first-order valence-corrected chi connectivity index (χ1v) is 7.54. The molecule has 3 nitrogen and oxygen atoms in total. The zero-order valence-electron chi connectivity index (χ0n) is 11.1. The fourth-order valence-corrected chi connectivity index (χ4v) is 2.44. The summed E-state index contributed by atoms with van der Waals surface area (Å²) in [6.07, 6.45) is 2.07. The molecule has 0 saturated carbocycles. The Balaban J connectivity index is 1.88. The second-order valence-electron chi connectivity index (χ2n) is 4.50. The molecule has 1 aromatic heterocycles.